The van der Waals surface area contributed by atoms with Crippen LogP contribution in [0.5, 0.6) is 0 Å². The molecular weight excluding hydrogens is 276 g/mol. The fourth-order valence-electron chi connectivity index (χ4n) is 1.69. The summed E-state index contributed by atoms with van der Waals surface area (Å²) in [5.74, 6) is -0.0357. The highest BCUT2D eigenvalue weighted by molar-refractivity contribution is 7.90. The molecule has 1 atom stereocenters. The number of carbonyl (C=O) groups is 1. The molecule has 0 radical (unpaired) electrons. The lowest BCUT2D eigenvalue weighted by Crippen LogP contribution is -2.35. The second kappa shape index (κ2) is 7.40. The monoisotopic (exact) mass is 298 g/mol. The zero-order valence-electron chi connectivity index (χ0n) is 12.1. The van der Waals surface area contributed by atoms with Crippen LogP contribution in [0.2, 0.25) is 0 Å². The van der Waals surface area contributed by atoms with E-state index in [4.69, 9.17) is 0 Å². The van der Waals surface area contributed by atoms with Gasteiger partial charge in [0.1, 0.15) is 0 Å². The molecule has 0 spiro atoms. The molecule has 1 amide bonds. The van der Waals surface area contributed by atoms with Crippen LogP contribution in [-0.2, 0) is 14.6 Å². The predicted octanol–water partition coefficient (Wildman–Crippen LogP) is 1.27. The Morgan fingerprint density at radius 2 is 1.85 bits per heavy atom. The molecule has 1 aromatic carbocycles. The molecule has 0 bridgehead atoms. The molecule has 1 unspecified atom stereocenters. The van der Waals surface area contributed by atoms with Crippen LogP contribution in [0, 0.1) is 0 Å². The van der Waals surface area contributed by atoms with Crippen LogP contribution in [0.3, 0.4) is 0 Å². The van der Waals surface area contributed by atoms with Crippen LogP contribution in [0.4, 0.5) is 0 Å². The Hall–Kier alpha value is -1.40. The summed E-state index contributed by atoms with van der Waals surface area (Å²) >= 11 is 0. The molecule has 0 fully saturated rings. The zero-order chi connectivity index (χ0) is 15.2. The van der Waals surface area contributed by atoms with Crippen molar-refractivity contribution in [2.45, 2.75) is 31.2 Å². The molecule has 0 aromatic heterocycles. The summed E-state index contributed by atoms with van der Waals surface area (Å²) in [5.41, 5.74) is 0.945. The lowest BCUT2D eigenvalue weighted by Gasteiger charge is -2.14. The van der Waals surface area contributed by atoms with Gasteiger partial charge in [-0.2, -0.15) is 0 Å². The average Bonchev–Trinajstić information content (AvgIpc) is 2.41. The molecule has 112 valence electrons. The summed E-state index contributed by atoms with van der Waals surface area (Å²) < 4.78 is 22.7. The van der Waals surface area contributed by atoms with Crippen molar-refractivity contribution in [2.75, 3.05) is 19.3 Å². The van der Waals surface area contributed by atoms with Gasteiger partial charge in [-0.3, -0.25) is 4.79 Å². The Labute approximate surface area is 120 Å². The summed E-state index contributed by atoms with van der Waals surface area (Å²) in [6, 6.07) is 6.67. The minimum Gasteiger partial charge on any atom is -0.355 e. The van der Waals surface area contributed by atoms with E-state index in [-0.39, 0.29) is 18.5 Å². The first-order valence-corrected chi connectivity index (χ1v) is 8.54. The number of hydrogen-bond donors (Lipinski definition) is 2. The molecule has 0 saturated heterocycles. The molecule has 2 N–H and O–H groups in total. The van der Waals surface area contributed by atoms with Crippen molar-refractivity contribution in [3.05, 3.63) is 29.8 Å². The van der Waals surface area contributed by atoms with Crippen molar-refractivity contribution in [3.8, 4) is 0 Å². The maximum absolute atomic E-state index is 11.5. The van der Waals surface area contributed by atoms with Crippen molar-refractivity contribution < 1.29 is 13.2 Å². The van der Waals surface area contributed by atoms with Crippen molar-refractivity contribution in [2.24, 2.45) is 0 Å². The van der Waals surface area contributed by atoms with Gasteiger partial charge in [-0.1, -0.05) is 19.1 Å². The van der Waals surface area contributed by atoms with E-state index in [0.29, 0.717) is 11.4 Å². The van der Waals surface area contributed by atoms with Gasteiger partial charge >= 0.3 is 0 Å². The molecule has 0 aliphatic rings. The minimum absolute atomic E-state index is 0.0176. The third-order valence-electron chi connectivity index (χ3n) is 2.95. The molecule has 0 aliphatic heterocycles. The van der Waals surface area contributed by atoms with E-state index in [2.05, 4.69) is 10.6 Å². The van der Waals surface area contributed by atoms with Gasteiger partial charge in [-0.25, -0.2) is 8.42 Å². The normalized spacial score (nSPS) is 12.9. The third-order valence-corrected chi connectivity index (χ3v) is 4.08. The molecule has 5 nitrogen and oxygen atoms in total. The zero-order valence-corrected chi connectivity index (χ0v) is 13.0. The van der Waals surface area contributed by atoms with E-state index in [1.807, 2.05) is 13.8 Å². The second-order valence-electron chi connectivity index (χ2n) is 4.79. The SMILES string of the molecule is CCCNC(=O)CNC(C)c1ccc(S(C)(=O)=O)cc1. The van der Waals surface area contributed by atoms with Crippen molar-refractivity contribution in [1.82, 2.24) is 10.6 Å². The van der Waals surface area contributed by atoms with Gasteiger partial charge in [0.15, 0.2) is 9.84 Å². The van der Waals surface area contributed by atoms with Crippen LogP contribution in [0.1, 0.15) is 31.9 Å². The van der Waals surface area contributed by atoms with Gasteiger partial charge < -0.3 is 10.6 Å². The van der Waals surface area contributed by atoms with Crippen molar-refractivity contribution in [1.29, 1.82) is 0 Å². The molecule has 0 saturated carbocycles. The topological polar surface area (TPSA) is 75.3 Å². The smallest absolute Gasteiger partial charge is 0.233 e. The maximum Gasteiger partial charge on any atom is 0.233 e. The maximum atomic E-state index is 11.5. The number of sulfone groups is 1. The lowest BCUT2D eigenvalue weighted by atomic mass is 10.1. The van der Waals surface area contributed by atoms with E-state index in [1.54, 1.807) is 24.3 Å². The highest BCUT2D eigenvalue weighted by atomic mass is 32.2. The Morgan fingerprint density at radius 3 is 2.35 bits per heavy atom. The van der Waals surface area contributed by atoms with E-state index < -0.39 is 9.84 Å². The molecule has 1 aromatic rings. The van der Waals surface area contributed by atoms with Gasteiger partial charge in [0.2, 0.25) is 5.91 Å². The van der Waals surface area contributed by atoms with Crippen LogP contribution in [0.25, 0.3) is 0 Å². The van der Waals surface area contributed by atoms with Crippen LogP contribution in [0.15, 0.2) is 29.2 Å². The van der Waals surface area contributed by atoms with Gasteiger partial charge in [0.25, 0.3) is 0 Å². The first-order chi connectivity index (χ1) is 9.34. The Morgan fingerprint density at radius 1 is 1.25 bits per heavy atom. The second-order valence-corrected chi connectivity index (χ2v) is 6.81. The van der Waals surface area contributed by atoms with E-state index in [0.717, 1.165) is 12.0 Å². The van der Waals surface area contributed by atoms with E-state index in [1.165, 1.54) is 6.26 Å². The highest BCUT2D eigenvalue weighted by Crippen LogP contribution is 2.15. The first-order valence-electron chi connectivity index (χ1n) is 6.64. The predicted molar refractivity (Wildman–Crippen MR) is 79.3 cm³/mol. The summed E-state index contributed by atoms with van der Waals surface area (Å²) in [6.07, 6.45) is 2.09. The first kappa shape index (κ1) is 16.7. The van der Waals surface area contributed by atoms with Crippen molar-refractivity contribution >= 4 is 15.7 Å². The van der Waals surface area contributed by atoms with E-state index >= 15 is 0 Å². The number of rotatable bonds is 7. The molecular formula is C14H22N2O3S. The highest BCUT2D eigenvalue weighted by Gasteiger charge is 2.10. The van der Waals surface area contributed by atoms with Crippen LogP contribution >= 0.6 is 0 Å². The molecule has 1 rings (SSSR count). The molecule has 0 heterocycles. The standard InChI is InChI=1S/C14H22N2O3S/c1-4-9-15-14(17)10-16-11(2)12-5-7-13(8-6-12)20(3,18)19/h5-8,11,16H,4,9-10H2,1-3H3,(H,15,17). The molecule has 20 heavy (non-hydrogen) atoms. The largest absolute Gasteiger partial charge is 0.355 e. The fourth-order valence-corrected chi connectivity index (χ4v) is 2.32. The molecule has 6 heteroatoms. The number of nitrogens with one attached hydrogen (secondary N) is 2. The quantitative estimate of drug-likeness (QED) is 0.795. The Kier molecular flexibility index (Phi) is 6.16. The van der Waals surface area contributed by atoms with Crippen molar-refractivity contribution in [3.63, 3.8) is 0 Å². The van der Waals surface area contributed by atoms with Gasteiger partial charge in [-0.05, 0) is 31.0 Å². The minimum atomic E-state index is -3.17. The summed E-state index contributed by atoms with van der Waals surface area (Å²) in [6.45, 7) is 4.86. The summed E-state index contributed by atoms with van der Waals surface area (Å²) in [4.78, 5) is 11.8. The average molecular weight is 298 g/mol. The van der Waals surface area contributed by atoms with Gasteiger partial charge in [0, 0.05) is 18.8 Å². The lowest BCUT2D eigenvalue weighted by molar-refractivity contribution is -0.120. The third kappa shape index (κ3) is 5.30. The number of benzene rings is 1. The van der Waals surface area contributed by atoms with Crippen LogP contribution in [-0.4, -0.2) is 33.7 Å². The Bertz CT molecular complexity index is 538. The summed E-state index contributed by atoms with van der Waals surface area (Å²) in [7, 11) is -3.17. The number of hydrogen-bond acceptors (Lipinski definition) is 4. The number of amides is 1. The van der Waals surface area contributed by atoms with Crippen LogP contribution < -0.4 is 10.6 Å². The number of carbonyl (C=O) groups excluding carboxylic acids is 1. The molecule has 0 aliphatic carbocycles. The van der Waals surface area contributed by atoms with E-state index in [9.17, 15) is 13.2 Å². The Balaban J connectivity index is 2.56. The van der Waals surface area contributed by atoms with Gasteiger partial charge in [-0.15, -0.1) is 0 Å². The fraction of sp³-hybridized carbons (Fsp3) is 0.500. The van der Waals surface area contributed by atoms with Gasteiger partial charge in [0.05, 0.1) is 11.4 Å². The summed E-state index contributed by atoms with van der Waals surface area (Å²) in [5, 5.41) is 5.89.